The van der Waals surface area contributed by atoms with E-state index in [9.17, 15) is 9.59 Å². The molecule has 0 bridgehead atoms. The standard InChI is InChI=1S/C30H41N3O3S/c1-21-9-7-8-12-24(21)26-19-23(20-33(2)18-17-22-10-5-4-6-11-22)13-14-25(26)29(34)32-27(30(35)36-3)15-16-28(31)37/h7-9,12-14,19,22,27H,4-6,10-11,15-18,20H2,1-3H3,(H2,31,37)(H,32,34)/t27-/m0/s1. The van der Waals surface area contributed by atoms with Crippen LogP contribution in [-0.2, 0) is 16.1 Å². The Morgan fingerprint density at radius 3 is 2.54 bits per heavy atom. The highest BCUT2D eigenvalue weighted by Gasteiger charge is 2.24. The van der Waals surface area contributed by atoms with Crippen LogP contribution in [-0.4, -0.2) is 48.5 Å². The lowest BCUT2D eigenvalue weighted by molar-refractivity contribution is -0.143. The number of ether oxygens (including phenoxy) is 1. The second-order valence-electron chi connectivity index (χ2n) is 10.3. The molecule has 1 aliphatic rings. The topological polar surface area (TPSA) is 84.7 Å². The van der Waals surface area contributed by atoms with Crippen LogP contribution in [0.15, 0.2) is 42.5 Å². The van der Waals surface area contributed by atoms with Gasteiger partial charge in [-0.2, -0.15) is 0 Å². The Labute approximate surface area is 226 Å². The predicted molar refractivity (Wildman–Crippen MR) is 153 cm³/mol. The van der Waals surface area contributed by atoms with E-state index in [1.54, 1.807) is 0 Å². The average molecular weight is 524 g/mol. The van der Waals surface area contributed by atoms with E-state index in [0.717, 1.165) is 41.3 Å². The van der Waals surface area contributed by atoms with Gasteiger partial charge in [0.1, 0.15) is 6.04 Å². The van der Waals surface area contributed by atoms with Gasteiger partial charge in [0.05, 0.1) is 12.1 Å². The molecule has 1 fully saturated rings. The lowest BCUT2D eigenvalue weighted by Gasteiger charge is -2.25. The maximum absolute atomic E-state index is 13.4. The highest BCUT2D eigenvalue weighted by molar-refractivity contribution is 7.80. The number of carbonyl (C=O) groups is 2. The summed E-state index contributed by atoms with van der Waals surface area (Å²) in [4.78, 5) is 28.4. The van der Waals surface area contributed by atoms with Crippen LogP contribution < -0.4 is 11.1 Å². The minimum Gasteiger partial charge on any atom is -0.467 e. The third kappa shape index (κ3) is 8.64. The van der Waals surface area contributed by atoms with Crippen molar-refractivity contribution in [3.8, 4) is 11.1 Å². The van der Waals surface area contributed by atoms with Crippen molar-refractivity contribution >= 4 is 29.1 Å². The van der Waals surface area contributed by atoms with E-state index < -0.39 is 12.0 Å². The first kappa shape index (κ1) is 28.8. The van der Waals surface area contributed by atoms with Gasteiger partial charge >= 0.3 is 5.97 Å². The summed E-state index contributed by atoms with van der Waals surface area (Å²) < 4.78 is 4.90. The van der Waals surface area contributed by atoms with Crippen molar-refractivity contribution in [3.63, 3.8) is 0 Å². The molecule has 0 spiro atoms. The number of thiocarbonyl (C=S) groups is 1. The van der Waals surface area contributed by atoms with Gasteiger partial charge in [0.2, 0.25) is 0 Å². The molecule has 37 heavy (non-hydrogen) atoms. The van der Waals surface area contributed by atoms with E-state index >= 15 is 0 Å². The van der Waals surface area contributed by atoms with E-state index in [0.29, 0.717) is 17.0 Å². The Bertz CT molecular complexity index is 1080. The van der Waals surface area contributed by atoms with Crippen molar-refractivity contribution in [2.45, 2.75) is 70.9 Å². The van der Waals surface area contributed by atoms with Crippen molar-refractivity contribution in [1.82, 2.24) is 10.2 Å². The quantitative estimate of drug-likeness (QED) is 0.286. The van der Waals surface area contributed by atoms with Gasteiger partial charge in [0.25, 0.3) is 5.91 Å². The number of aryl methyl sites for hydroxylation is 1. The lowest BCUT2D eigenvalue weighted by atomic mass is 9.87. The Morgan fingerprint density at radius 1 is 1.14 bits per heavy atom. The van der Waals surface area contributed by atoms with Crippen LogP contribution in [0.5, 0.6) is 0 Å². The largest absolute Gasteiger partial charge is 0.467 e. The van der Waals surface area contributed by atoms with Crippen molar-refractivity contribution in [1.29, 1.82) is 0 Å². The number of carbonyl (C=O) groups excluding carboxylic acids is 2. The van der Waals surface area contributed by atoms with Crippen LogP contribution >= 0.6 is 12.2 Å². The van der Waals surface area contributed by atoms with Crippen molar-refractivity contribution in [2.24, 2.45) is 11.7 Å². The summed E-state index contributed by atoms with van der Waals surface area (Å²) in [6, 6.07) is 13.2. The number of nitrogens with two attached hydrogens (primary N) is 1. The fourth-order valence-corrected chi connectivity index (χ4v) is 5.29. The van der Waals surface area contributed by atoms with Crippen molar-refractivity contribution < 1.29 is 14.3 Å². The molecule has 3 rings (SSSR count). The molecule has 1 saturated carbocycles. The summed E-state index contributed by atoms with van der Waals surface area (Å²) >= 11 is 4.96. The summed E-state index contributed by atoms with van der Waals surface area (Å²) in [6.45, 7) is 3.92. The minimum absolute atomic E-state index is 0.289. The molecule has 3 N–H and O–H groups in total. The number of rotatable bonds is 12. The van der Waals surface area contributed by atoms with Gasteiger partial charge in [0.15, 0.2) is 0 Å². The van der Waals surface area contributed by atoms with Gasteiger partial charge in [-0.05, 0) is 73.7 Å². The molecule has 0 saturated heterocycles. The predicted octanol–water partition coefficient (Wildman–Crippen LogP) is 5.40. The molecule has 7 heteroatoms. The zero-order chi connectivity index (χ0) is 26.8. The highest BCUT2D eigenvalue weighted by Crippen LogP contribution is 2.29. The average Bonchev–Trinajstić information content (AvgIpc) is 2.90. The normalized spacial score (nSPS) is 14.8. The molecule has 2 aromatic carbocycles. The molecule has 6 nitrogen and oxygen atoms in total. The highest BCUT2D eigenvalue weighted by atomic mass is 32.1. The number of benzene rings is 2. The summed E-state index contributed by atoms with van der Waals surface area (Å²) in [5.74, 6) is 0.00762. The monoisotopic (exact) mass is 523 g/mol. The molecule has 0 unspecified atom stereocenters. The van der Waals surface area contributed by atoms with E-state index in [4.69, 9.17) is 22.7 Å². The van der Waals surface area contributed by atoms with E-state index in [1.165, 1.54) is 45.6 Å². The summed E-state index contributed by atoms with van der Waals surface area (Å²) in [6.07, 6.45) is 8.71. The Morgan fingerprint density at radius 2 is 1.86 bits per heavy atom. The van der Waals surface area contributed by atoms with Crippen molar-refractivity contribution in [3.05, 3.63) is 59.2 Å². The third-order valence-electron chi connectivity index (χ3n) is 7.33. The van der Waals surface area contributed by atoms with E-state index in [2.05, 4.69) is 23.3 Å². The molecule has 0 heterocycles. The smallest absolute Gasteiger partial charge is 0.328 e. The Hall–Kier alpha value is -2.77. The first-order valence-electron chi connectivity index (χ1n) is 13.3. The van der Waals surface area contributed by atoms with Crippen LogP contribution in [0.25, 0.3) is 11.1 Å². The number of hydrogen-bond acceptors (Lipinski definition) is 5. The molecule has 0 aromatic heterocycles. The fraction of sp³-hybridized carbons (Fsp3) is 0.500. The molecule has 1 amide bonds. The van der Waals surface area contributed by atoms with E-state index in [1.807, 2.05) is 43.3 Å². The Kier molecular flexibility index (Phi) is 11.1. The van der Waals surface area contributed by atoms with Gasteiger partial charge in [0, 0.05) is 18.5 Å². The fourth-order valence-electron chi connectivity index (χ4n) is 5.17. The van der Waals surface area contributed by atoms with Crippen molar-refractivity contribution in [2.75, 3.05) is 20.7 Å². The number of esters is 1. The molecule has 1 aliphatic carbocycles. The number of amides is 1. The van der Waals surface area contributed by atoms with Gasteiger partial charge in [-0.15, -0.1) is 0 Å². The van der Waals surface area contributed by atoms with Gasteiger partial charge in [-0.1, -0.05) is 74.7 Å². The second-order valence-corrected chi connectivity index (χ2v) is 10.8. The molecule has 2 aromatic rings. The number of nitrogens with zero attached hydrogens (tertiary/aromatic N) is 1. The molecule has 1 atom stereocenters. The minimum atomic E-state index is -0.825. The van der Waals surface area contributed by atoms with Gasteiger partial charge in [-0.3, -0.25) is 4.79 Å². The van der Waals surface area contributed by atoms with Crippen LogP contribution in [0.4, 0.5) is 0 Å². The molecule has 0 aliphatic heterocycles. The molecular formula is C30H41N3O3S. The third-order valence-corrected chi connectivity index (χ3v) is 7.53. The zero-order valence-electron chi connectivity index (χ0n) is 22.4. The summed E-state index contributed by atoms with van der Waals surface area (Å²) in [5, 5.41) is 2.85. The lowest BCUT2D eigenvalue weighted by Crippen LogP contribution is -2.42. The number of methoxy groups -OCH3 is 1. The summed E-state index contributed by atoms with van der Waals surface area (Å²) in [5.41, 5.74) is 10.2. The Balaban J connectivity index is 1.81. The van der Waals surface area contributed by atoms with Crippen LogP contribution in [0.1, 0.15) is 72.9 Å². The maximum atomic E-state index is 13.4. The first-order chi connectivity index (χ1) is 17.8. The first-order valence-corrected chi connectivity index (χ1v) is 13.7. The maximum Gasteiger partial charge on any atom is 0.328 e. The number of hydrogen-bond donors (Lipinski definition) is 2. The van der Waals surface area contributed by atoms with E-state index in [-0.39, 0.29) is 12.3 Å². The second kappa shape index (κ2) is 14.2. The zero-order valence-corrected chi connectivity index (χ0v) is 23.2. The molecule has 200 valence electrons. The van der Waals surface area contributed by atoms with Crippen LogP contribution in [0, 0.1) is 12.8 Å². The molecule has 0 radical (unpaired) electrons. The molecular weight excluding hydrogens is 482 g/mol. The van der Waals surface area contributed by atoms with Gasteiger partial charge in [-0.25, -0.2) is 4.79 Å². The SMILES string of the molecule is COC(=O)[C@H](CCC(N)=S)NC(=O)c1ccc(CN(C)CCC2CCCCC2)cc1-c1ccccc1C. The van der Waals surface area contributed by atoms with Crippen LogP contribution in [0.2, 0.25) is 0 Å². The summed E-state index contributed by atoms with van der Waals surface area (Å²) in [7, 11) is 3.47. The number of nitrogens with one attached hydrogen (secondary N) is 1. The van der Waals surface area contributed by atoms with Gasteiger partial charge < -0.3 is 20.7 Å². The van der Waals surface area contributed by atoms with Crippen LogP contribution in [0.3, 0.4) is 0 Å².